The molecule has 2 rings (SSSR count). The van der Waals surface area contributed by atoms with E-state index in [-0.39, 0.29) is 5.91 Å². The van der Waals surface area contributed by atoms with Crippen molar-refractivity contribution in [3.05, 3.63) is 42.5 Å². The first kappa shape index (κ1) is 18.5. The summed E-state index contributed by atoms with van der Waals surface area (Å²) in [7, 11) is 0. The maximum absolute atomic E-state index is 11.5. The van der Waals surface area contributed by atoms with E-state index in [9.17, 15) is 10.1 Å². The van der Waals surface area contributed by atoms with Crippen molar-refractivity contribution in [3.63, 3.8) is 0 Å². The van der Waals surface area contributed by atoms with E-state index in [0.717, 1.165) is 12.0 Å². The van der Waals surface area contributed by atoms with Crippen molar-refractivity contribution in [1.82, 2.24) is 9.97 Å². The lowest BCUT2D eigenvalue weighted by Gasteiger charge is -2.12. The van der Waals surface area contributed by atoms with Crippen molar-refractivity contribution in [2.24, 2.45) is 0 Å². The minimum Gasteiger partial charge on any atom is -0.369 e. The summed E-state index contributed by atoms with van der Waals surface area (Å²) in [6.45, 7) is 6.20. The van der Waals surface area contributed by atoms with E-state index in [1.807, 2.05) is 19.2 Å². The van der Waals surface area contributed by atoms with Gasteiger partial charge in [-0.15, -0.1) is 0 Å². The highest BCUT2D eigenvalue weighted by Crippen LogP contribution is 2.29. The molecule has 0 aliphatic heterocycles. The molecular weight excluding hydrogens is 334 g/mol. The Balaban J connectivity index is 2.53. The number of rotatable bonds is 7. The summed E-state index contributed by atoms with van der Waals surface area (Å²) < 4.78 is 0. The fourth-order valence-electron chi connectivity index (χ4n) is 2.16. The Morgan fingerprint density at radius 1 is 1.44 bits per heavy atom. The monoisotopic (exact) mass is 353 g/mol. The average molecular weight is 353 g/mol. The highest BCUT2D eigenvalue weighted by Gasteiger charge is 2.16. The van der Waals surface area contributed by atoms with Crippen molar-refractivity contribution in [3.8, 4) is 17.3 Å². The number of benzene rings is 1. The van der Waals surface area contributed by atoms with E-state index in [4.69, 9.17) is 0 Å². The van der Waals surface area contributed by atoms with Crippen LogP contribution in [0.5, 0.6) is 0 Å². The van der Waals surface area contributed by atoms with Gasteiger partial charge in [-0.05, 0) is 30.9 Å². The zero-order valence-electron chi connectivity index (χ0n) is 14.2. The van der Waals surface area contributed by atoms with Gasteiger partial charge in [0.05, 0.1) is 5.69 Å². The van der Waals surface area contributed by atoms with Gasteiger partial charge >= 0.3 is 0 Å². The molecule has 0 spiro atoms. The van der Waals surface area contributed by atoms with Gasteiger partial charge in [-0.3, -0.25) is 4.79 Å². The van der Waals surface area contributed by atoms with Gasteiger partial charge in [0.1, 0.15) is 17.5 Å². The van der Waals surface area contributed by atoms with Gasteiger partial charge in [0, 0.05) is 17.8 Å². The molecule has 0 aliphatic carbocycles. The van der Waals surface area contributed by atoms with E-state index in [2.05, 4.69) is 33.2 Å². The predicted molar refractivity (Wildman–Crippen MR) is 102 cm³/mol. The second kappa shape index (κ2) is 8.85. The number of carbonyl (C=O) groups is 1. The quantitative estimate of drug-likeness (QED) is 0.448. The molecule has 2 N–H and O–H groups in total. The molecule has 0 unspecified atom stereocenters. The van der Waals surface area contributed by atoms with Gasteiger partial charge < -0.3 is 10.6 Å². The summed E-state index contributed by atoms with van der Waals surface area (Å²) in [6, 6.07) is 9.39. The lowest BCUT2D eigenvalue weighted by molar-refractivity contribution is -0.111. The lowest BCUT2D eigenvalue weighted by Crippen LogP contribution is -2.09. The SMILES string of the molecule is C=CC(=O)Nc1cccc(-c2nc(SC)nc(NCCC)c2C#N)c1. The number of carbonyl (C=O) groups excluding carboxylic acids is 1. The molecule has 0 radical (unpaired) electrons. The van der Waals surface area contributed by atoms with E-state index in [0.29, 0.717) is 34.5 Å². The molecule has 1 amide bonds. The Bertz CT molecular complexity index is 829. The van der Waals surface area contributed by atoms with Crippen molar-refractivity contribution in [1.29, 1.82) is 5.26 Å². The van der Waals surface area contributed by atoms with Crippen LogP contribution in [0, 0.1) is 11.3 Å². The van der Waals surface area contributed by atoms with Gasteiger partial charge in [0.15, 0.2) is 5.16 Å². The number of hydrogen-bond acceptors (Lipinski definition) is 6. The van der Waals surface area contributed by atoms with E-state index in [1.165, 1.54) is 17.8 Å². The molecule has 0 bridgehead atoms. The van der Waals surface area contributed by atoms with Crippen LogP contribution in [0.1, 0.15) is 18.9 Å². The lowest BCUT2D eigenvalue weighted by atomic mass is 10.1. The Labute approximate surface area is 151 Å². The van der Waals surface area contributed by atoms with E-state index in [1.54, 1.807) is 18.2 Å². The normalized spacial score (nSPS) is 9.96. The number of thioether (sulfide) groups is 1. The molecule has 0 atom stereocenters. The van der Waals surface area contributed by atoms with Crippen molar-refractivity contribution in [2.45, 2.75) is 18.5 Å². The minimum absolute atomic E-state index is 0.296. The van der Waals surface area contributed by atoms with Crippen molar-refractivity contribution >= 4 is 29.2 Å². The van der Waals surface area contributed by atoms with Crippen LogP contribution in [0.4, 0.5) is 11.5 Å². The first-order chi connectivity index (χ1) is 12.1. The molecule has 25 heavy (non-hydrogen) atoms. The van der Waals surface area contributed by atoms with Crippen LogP contribution in [0.25, 0.3) is 11.3 Å². The molecule has 1 aromatic heterocycles. The fourth-order valence-corrected chi connectivity index (χ4v) is 2.52. The molecule has 0 saturated heterocycles. The van der Waals surface area contributed by atoms with Crippen LogP contribution in [-0.4, -0.2) is 28.7 Å². The predicted octanol–water partition coefficient (Wildman–Crippen LogP) is 3.68. The third-order valence-electron chi connectivity index (χ3n) is 3.31. The van der Waals surface area contributed by atoms with Crippen LogP contribution in [-0.2, 0) is 4.79 Å². The van der Waals surface area contributed by atoms with Gasteiger partial charge in [-0.2, -0.15) is 5.26 Å². The maximum Gasteiger partial charge on any atom is 0.247 e. The smallest absolute Gasteiger partial charge is 0.247 e. The minimum atomic E-state index is -0.296. The zero-order chi connectivity index (χ0) is 18.2. The van der Waals surface area contributed by atoms with Crippen LogP contribution in [0.15, 0.2) is 42.1 Å². The molecule has 0 saturated carbocycles. The highest BCUT2D eigenvalue weighted by molar-refractivity contribution is 7.98. The number of nitrogens with zero attached hydrogens (tertiary/aromatic N) is 3. The van der Waals surface area contributed by atoms with Gasteiger partial charge in [0.25, 0.3) is 0 Å². The number of amides is 1. The van der Waals surface area contributed by atoms with E-state index >= 15 is 0 Å². The molecule has 0 aliphatic rings. The van der Waals surface area contributed by atoms with Gasteiger partial charge in [0.2, 0.25) is 5.91 Å². The first-order valence-electron chi connectivity index (χ1n) is 7.76. The molecule has 128 valence electrons. The number of aromatic nitrogens is 2. The molecular formula is C18H19N5OS. The highest BCUT2D eigenvalue weighted by atomic mass is 32.2. The Kier molecular flexibility index (Phi) is 6.54. The van der Waals surface area contributed by atoms with Crippen LogP contribution in [0.2, 0.25) is 0 Å². The number of anilines is 2. The fraction of sp³-hybridized carbons (Fsp3) is 0.222. The summed E-state index contributed by atoms with van der Waals surface area (Å²) in [5.41, 5.74) is 2.27. The molecule has 2 aromatic rings. The third kappa shape index (κ3) is 4.58. The summed E-state index contributed by atoms with van der Waals surface area (Å²) in [4.78, 5) is 20.4. The second-order valence-electron chi connectivity index (χ2n) is 5.10. The zero-order valence-corrected chi connectivity index (χ0v) is 15.0. The van der Waals surface area contributed by atoms with Crippen LogP contribution < -0.4 is 10.6 Å². The molecule has 0 fully saturated rings. The number of nitrogens with one attached hydrogen (secondary N) is 2. The second-order valence-corrected chi connectivity index (χ2v) is 5.87. The summed E-state index contributed by atoms with van der Waals surface area (Å²) in [5, 5.41) is 16.1. The van der Waals surface area contributed by atoms with E-state index < -0.39 is 0 Å². The Morgan fingerprint density at radius 2 is 2.24 bits per heavy atom. The van der Waals surface area contributed by atoms with Gasteiger partial charge in [-0.25, -0.2) is 9.97 Å². The molecule has 1 heterocycles. The number of nitriles is 1. The van der Waals surface area contributed by atoms with Crippen LogP contribution >= 0.6 is 11.8 Å². The summed E-state index contributed by atoms with van der Waals surface area (Å²) >= 11 is 1.41. The van der Waals surface area contributed by atoms with Crippen molar-refractivity contribution < 1.29 is 4.79 Å². The Morgan fingerprint density at radius 3 is 2.88 bits per heavy atom. The van der Waals surface area contributed by atoms with Gasteiger partial charge in [-0.1, -0.05) is 37.4 Å². The number of hydrogen-bond donors (Lipinski definition) is 2. The largest absolute Gasteiger partial charge is 0.369 e. The summed E-state index contributed by atoms with van der Waals surface area (Å²) in [6.07, 6.45) is 4.01. The van der Waals surface area contributed by atoms with Crippen molar-refractivity contribution in [2.75, 3.05) is 23.4 Å². The third-order valence-corrected chi connectivity index (χ3v) is 3.86. The summed E-state index contributed by atoms with van der Waals surface area (Å²) in [5.74, 6) is 0.231. The Hall–Kier alpha value is -2.85. The topological polar surface area (TPSA) is 90.7 Å². The molecule has 7 heteroatoms. The average Bonchev–Trinajstić information content (AvgIpc) is 2.65. The first-order valence-corrected chi connectivity index (χ1v) is 8.99. The van der Waals surface area contributed by atoms with Crippen LogP contribution in [0.3, 0.4) is 0 Å². The maximum atomic E-state index is 11.5. The molecule has 6 nitrogen and oxygen atoms in total. The standard InChI is InChI=1S/C18H19N5OS/c1-4-9-20-17-14(11-19)16(22-18(23-17)25-3)12-7-6-8-13(10-12)21-15(24)5-2/h5-8,10H,2,4,9H2,1,3H3,(H,21,24)(H,20,22,23). The molecule has 1 aromatic carbocycles.